The molecular formula is C18H23N3O7. The lowest BCUT2D eigenvalue weighted by molar-refractivity contribution is -0.384. The molecule has 10 heteroatoms. The van der Waals surface area contributed by atoms with E-state index in [1.54, 1.807) is 6.92 Å². The Balaban J connectivity index is 2.29. The molecule has 0 aromatic heterocycles. The van der Waals surface area contributed by atoms with E-state index in [2.05, 4.69) is 5.32 Å². The van der Waals surface area contributed by atoms with Gasteiger partial charge in [-0.2, -0.15) is 0 Å². The van der Waals surface area contributed by atoms with E-state index in [-0.39, 0.29) is 18.7 Å². The van der Waals surface area contributed by atoms with Crippen molar-refractivity contribution in [2.75, 3.05) is 13.2 Å². The summed E-state index contributed by atoms with van der Waals surface area (Å²) in [7, 11) is 0. The predicted molar refractivity (Wildman–Crippen MR) is 97.2 cm³/mol. The number of nitro benzene ring substituents is 1. The summed E-state index contributed by atoms with van der Waals surface area (Å²) in [5.41, 5.74) is 5.79. The maximum atomic E-state index is 12.4. The first-order chi connectivity index (χ1) is 13.3. The number of nitro groups is 1. The lowest BCUT2D eigenvalue weighted by atomic mass is 9.87. The zero-order chi connectivity index (χ0) is 20.7. The maximum absolute atomic E-state index is 12.4. The van der Waals surface area contributed by atoms with Gasteiger partial charge in [-0.25, -0.2) is 0 Å². The van der Waals surface area contributed by atoms with Crippen molar-refractivity contribution in [2.24, 2.45) is 5.73 Å². The van der Waals surface area contributed by atoms with Gasteiger partial charge >= 0.3 is 5.97 Å². The molecule has 1 saturated heterocycles. The Kier molecular flexibility index (Phi) is 7.44. The SMILES string of the molecule is CCOC(=O)C[C@H](c1ccc([N+](=O)[O-])cc1)[C@@H](NC(=O)[C@@H]1CCCO1)C(N)=O. The van der Waals surface area contributed by atoms with Gasteiger partial charge in [-0.15, -0.1) is 0 Å². The van der Waals surface area contributed by atoms with Crippen LogP contribution in [0.1, 0.15) is 37.7 Å². The number of nitrogens with one attached hydrogen (secondary N) is 1. The van der Waals surface area contributed by atoms with Gasteiger partial charge in [0.1, 0.15) is 12.1 Å². The highest BCUT2D eigenvalue weighted by Gasteiger charge is 2.34. The summed E-state index contributed by atoms with van der Waals surface area (Å²) in [4.78, 5) is 46.8. The minimum absolute atomic E-state index is 0.141. The molecule has 1 fully saturated rings. The van der Waals surface area contributed by atoms with Crippen LogP contribution < -0.4 is 11.1 Å². The summed E-state index contributed by atoms with van der Waals surface area (Å²) < 4.78 is 10.3. The molecule has 0 aliphatic carbocycles. The Morgan fingerprint density at radius 1 is 1.36 bits per heavy atom. The molecule has 1 aromatic carbocycles. The first-order valence-electron chi connectivity index (χ1n) is 8.94. The second kappa shape index (κ2) is 9.79. The summed E-state index contributed by atoms with van der Waals surface area (Å²) in [5.74, 6) is -2.75. The van der Waals surface area contributed by atoms with Crippen molar-refractivity contribution < 1.29 is 28.8 Å². The number of non-ortho nitro benzene ring substituents is 1. The van der Waals surface area contributed by atoms with Crippen molar-refractivity contribution in [3.8, 4) is 0 Å². The molecule has 0 unspecified atom stereocenters. The average molecular weight is 393 g/mol. The summed E-state index contributed by atoms with van der Waals surface area (Å²) in [6, 6.07) is 4.16. The Morgan fingerprint density at radius 3 is 2.54 bits per heavy atom. The van der Waals surface area contributed by atoms with Crippen molar-refractivity contribution in [3.05, 3.63) is 39.9 Å². The number of nitrogens with two attached hydrogens (primary N) is 1. The van der Waals surface area contributed by atoms with Gasteiger partial charge in [0, 0.05) is 24.7 Å². The van der Waals surface area contributed by atoms with Crippen molar-refractivity contribution in [1.82, 2.24) is 5.32 Å². The second-order valence-electron chi connectivity index (χ2n) is 6.35. The predicted octanol–water partition coefficient (Wildman–Crippen LogP) is 0.781. The number of primary amides is 1. The largest absolute Gasteiger partial charge is 0.466 e. The number of amides is 2. The van der Waals surface area contributed by atoms with Crippen LogP contribution in [0, 0.1) is 10.1 Å². The van der Waals surface area contributed by atoms with Crippen LogP contribution in [-0.2, 0) is 23.9 Å². The van der Waals surface area contributed by atoms with E-state index in [4.69, 9.17) is 15.2 Å². The number of nitrogens with zero attached hydrogens (tertiary/aromatic N) is 1. The Morgan fingerprint density at radius 2 is 2.04 bits per heavy atom. The van der Waals surface area contributed by atoms with E-state index in [0.29, 0.717) is 18.6 Å². The van der Waals surface area contributed by atoms with Crippen molar-refractivity contribution in [1.29, 1.82) is 0 Å². The molecule has 0 spiro atoms. The zero-order valence-electron chi connectivity index (χ0n) is 15.5. The van der Waals surface area contributed by atoms with Gasteiger partial charge in [0.05, 0.1) is 18.0 Å². The molecule has 2 rings (SSSR count). The van der Waals surface area contributed by atoms with E-state index < -0.39 is 40.8 Å². The van der Waals surface area contributed by atoms with Gasteiger partial charge < -0.3 is 20.5 Å². The molecule has 28 heavy (non-hydrogen) atoms. The summed E-state index contributed by atoms with van der Waals surface area (Å²) in [5, 5.41) is 13.4. The molecule has 152 valence electrons. The zero-order valence-corrected chi connectivity index (χ0v) is 15.5. The standard InChI is InChI=1S/C18H23N3O7/c1-2-27-15(22)10-13(11-5-7-12(8-6-11)21(25)26)16(17(19)23)20-18(24)14-4-3-9-28-14/h5-8,13-14,16H,2-4,9-10H2,1H3,(H2,19,23)(H,20,24)/t13-,14+,16-/m1/s1. The fourth-order valence-electron chi connectivity index (χ4n) is 3.07. The molecule has 10 nitrogen and oxygen atoms in total. The fraction of sp³-hybridized carbons (Fsp3) is 0.500. The van der Waals surface area contributed by atoms with E-state index >= 15 is 0 Å². The summed E-state index contributed by atoms with van der Waals surface area (Å²) in [6.45, 7) is 2.24. The van der Waals surface area contributed by atoms with E-state index in [1.807, 2.05) is 0 Å². The highest BCUT2D eigenvalue weighted by molar-refractivity contribution is 5.90. The van der Waals surface area contributed by atoms with Gasteiger partial charge in [-0.1, -0.05) is 12.1 Å². The van der Waals surface area contributed by atoms with Gasteiger partial charge in [0.2, 0.25) is 11.8 Å². The topological polar surface area (TPSA) is 151 Å². The minimum atomic E-state index is -1.21. The van der Waals surface area contributed by atoms with Crippen LogP contribution in [-0.4, -0.2) is 48.1 Å². The van der Waals surface area contributed by atoms with Crippen molar-refractivity contribution >= 4 is 23.5 Å². The van der Waals surface area contributed by atoms with E-state index in [9.17, 15) is 24.5 Å². The second-order valence-corrected chi connectivity index (χ2v) is 6.35. The lowest BCUT2D eigenvalue weighted by Crippen LogP contribution is -2.51. The first kappa shape index (κ1) is 21.3. The van der Waals surface area contributed by atoms with Crippen LogP contribution >= 0.6 is 0 Å². The molecule has 0 radical (unpaired) electrons. The molecule has 1 aliphatic heterocycles. The molecule has 1 aromatic rings. The third-order valence-electron chi connectivity index (χ3n) is 4.45. The van der Waals surface area contributed by atoms with E-state index in [0.717, 1.165) is 6.42 Å². The molecule has 0 bridgehead atoms. The van der Waals surface area contributed by atoms with Crippen molar-refractivity contribution in [2.45, 2.75) is 44.2 Å². The normalized spacial score (nSPS) is 18.1. The van der Waals surface area contributed by atoms with Crippen LogP contribution in [0.15, 0.2) is 24.3 Å². The molecular weight excluding hydrogens is 370 g/mol. The minimum Gasteiger partial charge on any atom is -0.466 e. The molecule has 3 N–H and O–H groups in total. The number of hydrogen-bond donors (Lipinski definition) is 2. The molecule has 3 atom stereocenters. The van der Waals surface area contributed by atoms with Crippen LogP contribution in [0.2, 0.25) is 0 Å². The number of hydrogen-bond acceptors (Lipinski definition) is 7. The number of benzene rings is 1. The number of carbonyl (C=O) groups is 3. The fourth-order valence-corrected chi connectivity index (χ4v) is 3.07. The van der Waals surface area contributed by atoms with Crippen molar-refractivity contribution in [3.63, 3.8) is 0 Å². The van der Waals surface area contributed by atoms with Crippen LogP contribution in [0.5, 0.6) is 0 Å². The quantitative estimate of drug-likeness (QED) is 0.357. The number of carbonyl (C=O) groups excluding carboxylic acids is 3. The van der Waals surface area contributed by atoms with Gasteiger partial charge in [-0.3, -0.25) is 24.5 Å². The maximum Gasteiger partial charge on any atom is 0.306 e. The Bertz CT molecular complexity index is 729. The molecule has 2 amide bonds. The summed E-state index contributed by atoms with van der Waals surface area (Å²) in [6.07, 6.45) is 0.345. The highest BCUT2D eigenvalue weighted by atomic mass is 16.6. The van der Waals surface area contributed by atoms with E-state index in [1.165, 1.54) is 24.3 Å². The average Bonchev–Trinajstić information content (AvgIpc) is 3.19. The number of ether oxygens (including phenoxy) is 2. The Labute approximate surface area is 161 Å². The molecule has 0 saturated carbocycles. The molecule has 1 aliphatic rings. The molecule has 1 heterocycles. The van der Waals surface area contributed by atoms with Gasteiger partial charge in [0.15, 0.2) is 0 Å². The highest BCUT2D eigenvalue weighted by Crippen LogP contribution is 2.27. The van der Waals surface area contributed by atoms with Crippen LogP contribution in [0.4, 0.5) is 5.69 Å². The number of rotatable bonds is 9. The van der Waals surface area contributed by atoms with Crippen LogP contribution in [0.25, 0.3) is 0 Å². The van der Waals surface area contributed by atoms with Gasteiger partial charge in [-0.05, 0) is 25.3 Å². The number of esters is 1. The lowest BCUT2D eigenvalue weighted by Gasteiger charge is -2.26. The first-order valence-corrected chi connectivity index (χ1v) is 8.94. The smallest absolute Gasteiger partial charge is 0.306 e. The Hall–Kier alpha value is -3.01. The van der Waals surface area contributed by atoms with Gasteiger partial charge in [0.25, 0.3) is 5.69 Å². The third-order valence-corrected chi connectivity index (χ3v) is 4.45. The third kappa shape index (κ3) is 5.49. The summed E-state index contributed by atoms with van der Waals surface area (Å²) >= 11 is 0. The van der Waals surface area contributed by atoms with Crippen LogP contribution in [0.3, 0.4) is 0 Å². The monoisotopic (exact) mass is 393 g/mol.